The number of aliphatic hydroxyl groups is 1. The van der Waals surface area contributed by atoms with Crippen molar-refractivity contribution in [2.24, 2.45) is 0 Å². The number of hydrogen-bond acceptors (Lipinski definition) is 5. The Morgan fingerprint density at radius 3 is 3.09 bits per heavy atom. The second-order valence-electron chi connectivity index (χ2n) is 2.49. The Balaban J connectivity index is 2.13. The maximum Gasteiger partial charge on any atom is 0.338 e. The molecule has 62 valence electrons. The third-order valence-corrected chi connectivity index (χ3v) is 1.85. The number of hydrogen-bond donors (Lipinski definition) is 1. The largest absolute Gasteiger partial charge is 0.455 e. The molecule has 1 N–H and O–H groups in total. The Labute approximate surface area is 62.8 Å². The molecule has 3 atom stereocenters. The fraction of sp³-hybridized carbons (Fsp3) is 0.833. The molecule has 0 bridgehead atoms. The van der Waals surface area contributed by atoms with Crippen LogP contribution in [0.5, 0.6) is 0 Å². The number of cyclic esters (lactones) is 1. The van der Waals surface area contributed by atoms with Gasteiger partial charge in [0.2, 0.25) is 0 Å². The van der Waals surface area contributed by atoms with E-state index in [2.05, 4.69) is 0 Å². The number of carbonyl (C=O) groups is 1. The van der Waals surface area contributed by atoms with Crippen LogP contribution in [-0.4, -0.2) is 42.8 Å². The van der Waals surface area contributed by atoms with Gasteiger partial charge in [-0.1, -0.05) is 0 Å². The molecule has 0 aromatic rings. The number of esters is 1. The Bertz CT molecular complexity index is 180. The molecule has 0 spiro atoms. The summed E-state index contributed by atoms with van der Waals surface area (Å²) in [5, 5.41) is 8.72. The molecule has 0 aromatic heterocycles. The van der Waals surface area contributed by atoms with Crippen molar-refractivity contribution in [3.8, 4) is 0 Å². The van der Waals surface area contributed by atoms with E-state index in [4.69, 9.17) is 19.3 Å². The lowest BCUT2D eigenvalue weighted by Gasteiger charge is -2.09. The lowest BCUT2D eigenvalue weighted by atomic mass is 10.1. The van der Waals surface area contributed by atoms with Gasteiger partial charge in [0.1, 0.15) is 12.9 Å². The predicted octanol–water partition coefficient (Wildman–Crippen LogP) is -1.35. The van der Waals surface area contributed by atoms with Crippen LogP contribution in [0.1, 0.15) is 0 Å². The van der Waals surface area contributed by atoms with Crippen LogP contribution in [0.2, 0.25) is 0 Å². The first kappa shape index (κ1) is 7.02. The Kier molecular flexibility index (Phi) is 1.56. The maximum atomic E-state index is 10.9. The molecule has 0 unspecified atom stereocenters. The highest BCUT2D eigenvalue weighted by molar-refractivity contribution is 5.78. The van der Waals surface area contributed by atoms with Crippen LogP contribution in [0.4, 0.5) is 0 Å². The fourth-order valence-corrected chi connectivity index (χ4v) is 1.30. The standard InChI is InChI=1S/C6H8O5/c7-1-3-4-5(6(8)11-3)10-2-9-4/h3-5,7H,1-2H2/t3-,4-,5-/m1/s1. The van der Waals surface area contributed by atoms with Crippen LogP contribution in [-0.2, 0) is 19.0 Å². The van der Waals surface area contributed by atoms with Crippen molar-refractivity contribution in [2.45, 2.75) is 18.3 Å². The Morgan fingerprint density at radius 1 is 1.55 bits per heavy atom. The van der Waals surface area contributed by atoms with Gasteiger partial charge >= 0.3 is 5.97 Å². The number of ether oxygens (including phenoxy) is 3. The summed E-state index contributed by atoms with van der Waals surface area (Å²) in [6.07, 6.45) is -1.57. The van der Waals surface area contributed by atoms with Crippen molar-refractivity contribution < 1.29 is 24.1 Å². The number of carbonyl (C=O) groups excluding carboxylic acids is 1. The van der Waals surface area contributed by atoms with Gasteiger partial charge < -0.3 is 19.3 Å². The molecule has 2 saturated heterocycles. The second-order valence-corrected chi connectivity index (χ2v) is 2.49. The van der Waals surface area contributed by atoms with Crippen molar-refractivity contribution in [3.05, 3.63) is 0 Å². The number of rotatable bonds is 1. The van der Waals surface area contributed by atoms with E-state index in [0.717, 1.165) is 0 Å². The quantitative estimate of drug-likeness (QED) is 0.480. The average molecular weight is 160 g/mol. The second kappa shape index (κ2) is 2.44. The van der Waals surface area contributed by atoms with Crippen molar-refractivity contribution in [1.29, 1.82) is 0 Å². The summed E-state index contributed by atoms with van der Waals surface area (Å²) in [5.41, 5.74) is 0. The molecule has 0 aliphatic carbocycles. The summed E-state index contributed by atoms with van der Waals surface area (Å²) in [6, 6.07) is 0. The SMILES string of the molecule is O=C1O[C@H](CO)[C@H]2OCO[C@@H]12. The van der Waals surface area contributed by atoms with E-state index in [0.29, 0.717) is 0 Å². The van der Waals surface area contributed by atoms with Crippen molar-refractivity contribution in [1.82, 2.24) is 0 Å². The van der Waals surface area contributed by atoms with Crippen LogP contribution < -0.4 is 0 Å². The van der Waals surface area contributed by atoms with E-state index in [-0.39, 0.29) is 13.4 Å². The van der Waals surface area contributed by atoms with Crippen LogP contribution >= 0.6 is 0 Å². The topological polar surface area (TPSA) is 65.0 Å². The maximum absolute atomic E-state index is 10.9. The monoisotopic (exact) mass is 160 g/mol. The van der Waals surface area contributed by atoms with Crippen LogP contribution in [0, 0.1) is 0 Å². The molecular formula is C6H8O5. The molecule has 2 aliphatic rings. The first-order valence-corrected chi connectivity index (χ1v) is 3.37. The smallest absolute Gasteiger partial charge is 0.338 e. The van der Waals surface area contributed by atoms with Gasteiger partial charge in [-0.3, -0.25) is 0 Å². The first-order chi connectivity index (χ1) is 5.33. The normalized spacial score (nSPS) is 42.3. The minimum Gasteiger partial charge on any atom is -0.455 e. The molecule has 11 heavy (non-hydrogen) atoms. The molecule has 0 radical (unpaired) electrons. The first-order valence-electron chi connectivity index (χ1n) is 3.37. The Hall–Kier alpha value is -0.650. The lowest BCUT2D eigenvalue weighted by Crippen LogP contribution is -2.30. The third kappa shape index (κ3) is 0.926. The van der Waals surface area contributed by atoms with Gasteiger partial charge in [-0.05, 0) is 0 Å². The summed E-state index contributed by atoms with van der Waals surface area (Å²) in [4.78, 5) is 10.9. The molecular weight excluding hydrogens is 152 g/mol. The summed E-state index contributed by atoms with van der Waals surface area (Å²) in [7, 11) is 0. The predicted molar refractivity (Wildman–Crippen MR) is 31.6 cm³/mol. The molecule has 2 rings (SSSR count). The van der Waals surface area contributed by atoms with E-state index < -0.39 is 24.3 Å². The van der Waals surface area contributed by atoms with Crippen molar-refractivity contribution in [3.63, 3.8) is 0 Å². The van der Waals surface area contributed by atoms with E-state index in [9.17, 15) is 4.79 Å². The van der Waals surface area contributed by atoms with Gasteiger partial charge in [0.15, 0.2) is 12.2 Å². The van der Waals surface area contributed by atoms with Gasteiger partial charge in [-0.2, -0.15) is 0 Å². The summed E-state index contributed by atoms with van der Waals surface area (Å²) >= 11 is 0. The highest BCUT2D eigenvalue weighted by Gasteiger charge is 2.49. The van der Waals surface area contributed by atoms with Crippen molar-refractivity contribution in [2.75, 3.05) is 13.4 Å². The molecule has 2 heterocycles. The average Bonchev–Trinajstić information content (AvgIpc) is 2.54. The van der Waals surface area contributed by atoms with E-state index >= 15 is 0 Å². The van der Waals surface area contributed by atoms with Crippen LogP contribution in [0.15, 0.2) is 0 Å². The number of fused-ring (bicyclic) bond motifs is 1. The van der Waals surface area contributed by atoms with Gasteiger partial charge in [0.05, 0.1) is 6.61 Å². The minimum absolute atomic E-state index is 0.112. The minimum atomic E-state index is -0.618. The van der Waals surface area contributed by atoms with Gasteiger partial charge in [0.25, 0.3) is 0 Å². The van der Waals surface area contributed by atoms with Gasteiger partial charge in [-0.15, -0.1) is 0 Å². The Morgan fingerprint density at radius 2 is 2.36 bits per heavy atom. The summed E-state index contributed by atoms with van der Waals surface area (Å²) in [6.45, 7) is -0.1000. The zero-order valence-corrected chi connectivity index (χ0v) is 5.73. The molecule has 2 fully saturated rings. The molecule has 2 aliphatic heterocycles. The van der Waals surface area contributed by atoms with Gasteiger partial charge in [0, 0.05) is 0 Å². The molecule has 5 heteroatoms. The highest BCUT2D eigenvalue weighted by atomic mass is 16.7. The van der Waals surface area contributed by atoms with Gasteiger partial charge in [-0.25, -0.2) is 4.79 Å². The summed E-state index contributed by atoms with van der Waals surface area (Å²) in [5.74, 6) is -0.438. The molecule has 0 saturated carbocycles. The van der Waals surface area contributed by atoms with Crippen LogP contribution in [0.25, 0.3) is 0 Å². The molecule has 0 aromatic carbocycles. The number of aliphatic hydroxyl groups excluding tert-OH is 1. The molecule has 5 nitrogen and oxygen atoms in total. The van der Waals surface area contributed by atoms with E-state index in [1.54, 1.807) is 0 Å². The fourth-order valence-electron chi connectivity index (χ4n) is 1.30. The summed E-state index contributed by atoms with van der Waals surface area (Å²) < 4.78 is 14.7. The van der Waals surface area contributed by atoms with E-state index in [1.165, 1.54) is 0 Å². The third-order valence-electron chi connectivity index (χ3n) is 1.85. The van der Waals surface area contributed by atoms with Crippen LogP contribution in [0.3, 0.4) is 0 Å². The zero-order chi connectivity index (χ0) is 7.84. The van der Waals surface area contributed by atoms with E-state index in [1.807, 2.05) is 0 Å². The lowest BCUT2D eigenvalue weighted by molar-refractivity contribution is -0.154. The highest BCUT2D eigenvalue weighted by Crippen LogP contribution is 2.26. The van der Waals surface area contributed by atoms with Crippen molar-refractivity contribution >= 4 is 5.97 Å². The zero-order valence-electron chi connectivity index (χ0n) is 5.73. The molecule has 0 amide bonds.